The average molecular weight is 322 g/mol. The summed E-state index contributed by atoms with van der Waals surface area (Å²) in [7, 11) is 0. The van der Waals surface area contributed by atoms with Crippen LogP contribution in [0.5, 0.6) is 0 Å². The first kappa shape index (κ1) is 12.8. The Morgan fingerprint density at radius 1 is 1.37 bits per heavy atom. The van der Waals surface area contributed by atoms with Crippen molar-refractivity contribution in [3.63, 3.8) is 0 Å². The minimum Gasteiger partial charge on any atom is -0.337 e. The van der Waals surface area contributed by atoms with Crippen LogP contribution in [-0.2, 0) is 12.0 Å². The zero-order valence-corrected chi connectivity index (χ0v) is 12.4. The predicted octanol–water partition coefficient (Wildman–Crippen LogP) is 3.02. The van der Waals surface area contributed by atoms with E-state index in [1.165, 1.54) is 5.56 Å². The molecule has 4 nitrogen and oxygen atoms in total. The number of hydrogen-bond donors (Lipinski definition) is 1. The lowest BCUT2D eigenvalue weighted by atomic mass is 10.0. The normalized spacial score (nSPS) is 22.8. The Balaban J connectivity index is 1.76. The molecule has 19 heavy (non-hydrogen) atoms. The van der Waals surface area contributed by atoms with Gasteiger partial charge in [-0.15, -0.1) is 0 Å². The van der Waals surface area contributed by atoms with E-state index in [2.05, 4.69) is 50.4 Å². The van der Waals surface area contributed by atoms with Crippen LogP contribution in [0.2, 0.25) is 0 Å². The lowest BCUT2D eigenvalue weighted by molar-refractivity contribution is 0.274. The standard InChI is InChI=1S/C14H16BrN3O/c1-14(7-2-8-16-14)13-17-12(18-19-13)9-10-3-5-11(15)6-4-10/h3-6,16H,2,7-9H2,1H3. The van der Waals surface area contributed by atoms with E-state index in [-0.39, 0.29) is 5.54 Å². The number of hydrogen-bond acceptors (Lipinski definition) is 4. The van der Waals surface area contributed by atoms with E-state index in [1.54, 1.807) is 0 Å². The van der Waals surface area contributed by atoms with Crippen LogP contribution in [0, 0.1) is 0 Å². The van der Waals surface area contributed by atoms with Crippen LogP contribution in [0.1, 0.15) is 37.0 Å². The smallest absolute Gasteiger partial charge is 0.246 e. The lowest BCUT2D eigenvalue weighted by Gasteiger charge is -2.18. The summed E-state index contributed by atoms with van der Waals surface area (Å²) < 4.78 is 6.49. The SMILES string of the molecule is CC1(c2nc(Cc3ccc(Br)cc3)no2)CCCN1. The van der Waals surface area contributed by atoms with Crippen molar-refractivity contribution in [1.82, 2.24) is 15.5 Å². The Labute approximate surface area is 120 Å². The van der Waals surface area contributed by atoms with Gasteiger partial charge in [0, 0.05) is 10.9 Å². The molecule has 0 bridgehead atoms. The zero-order valence-electron chi connectivity index (χ0n) is 10.8. The highest BCUT2D eigenvalue weighted by atomic mass is 79.9. The minimum absolute atomic E-state index is 0.148. The molecular weight excluding hydrogens is 306 g/mol. The zero-order chi connectivity index (χ0) is 13.3. The molecule has 1 atom stereocenters. The van der Waals surface area contributed by atoms with Gasteiger partial charge in [0.25, 0.3) is 0 Å². The van der Waals surface area contributed by atoms with Gasteiger partial charge in [0.1, 0.15) is 0 Å². The van der Waals surface area contributed by atoms with Crippen molar-refractivity contribution in [2.75, 3.05) is 6.54 Å². The second-order valence-electron chi connectivity index (χ2n) is 5.18. The van der Waals surface area contributed by atoms with Gasteiger partial charge in [0.15, 0.2) is 5.82 Å². The molecule has 2 heterocycles. The molecular formula is C14H16BrN3O. The van der Waals surface area contributed by atoms with Crippen molar-refractivity contribution < 1.29 is 4.52 Å². The molecule has 1 unspecified atom stereocenters. The van der Waals surface area contributed by atoms with E-state index in [4.69, 9.17) is 4.52 Å². The van der Waals surface area contributed by atoms with Crippen molar-refractivity contribution in [2.45, 2.75) is 31.7 Å². The molecule has 100 valence electrons. The molecule has 0 amide bonds. The Bertz CT molecular complexity index is 558. The van der Waals surface area contributed by atoms with E-state index < -0.39 is 0 Å². The Kier molecular flexibility index (Phi) is 3.41. The van der Waals surface area contributed by atoms with Gasteiger partial charge < -0.3 is 9.84 Å². The molecule has 2 aromatic rings. The second kappa shape index (κ2) is 5.06. The largest absolute Gasteiger partial charge is 0.337 e. The number of rotatable bonds is 3. The first-order valence-electron chi connectivity index (χ1n) is 6.48. The van der Waals surface area contributed by atoms with Gasteiger partial charge in [0.2, 0.25) is 5.89 Å². The highest BCUT2D eigenvalue weighted by molar-refractivity contribution is 9.10. The maximum absolute atomic E-state index is 5.41. The molecule has 0 saturated carbocycles. The van der Waals surface area contributed by atoms with Gasteiger partial charge in [-0.05, 0) is 44.0 Å². The third kappa shape index (κ3) is 2.72. The summed E-state index contributed by atoms with van der Waals surface area (Å²) in [6, 6.07) is 8.18. The molecule has 5 heteroatoms. The molecule has 0 radical (unpaired) electrons. The summed E-state index contributed by atoms with van der Waals surface area (Å²) in [4.78, 5) is 4.53. The number of halogens is 1. The van der Waals surface area contributed by atoms with Gasteiger partial charge >= 0.3 is 0 Å². The average Bonchev–Trinajstić information content (AvgIpc) is 3.02. The lowest BCUT2D eigenvalue weighted by Crippen LogP contribution is -2.33. The third-order valence-corrected chi connectivity index (χ3v) is 4.11. The van der Waals surface area contributed by atoms with Crippen LogP contribution in [0.15, 0.2) is 33.3 Å². The van der Waals surface area contributed by atoms with Crippen molar-refractivity contribution in [2.24, 2.45) is 0 Å². The molecule has 1 aromatic heterocycles. The van der Waals surface area contributed by atoms with Crippen LogP contribution < -0.4 is 5.32 Å². The summed E-state index contributed by atoms with van der Waals surface area (Å²) in [6.45, 7) is 3.14. The van der Waals surface area contributed by atoms with Gasteiger partial charge in [-0.3, -0.25) is 0 Å². The number of aromatic nitrogens is 2. The number of benzene rings is 1. The van der Waals surface area contributed by atoms with Crippen LogP contribution >= 0.6 is 15.9 Å². The van der Waals surface area contributed by atoms with Crippen molar-refractivity contribution >= 4 is 15.9 Å². The van der Waals surface area contributed by atoms with Gasteiger partial charge in [-0.2, -0.15) is 4.98 Å². The maximum Gasteiger partial charge on any atom is 0.246 e. The highest BCUT2D eigenvalue weighted by Gasteiger charge is 2.35. The summed E-state index contributed by atoms with van der Waals surface area (Å²) in [6.07, 6.45) is 2.90. The summed E-state index contributed by atoms with van der Waals surface area (Å²) in [5, 5.41) is 7.52. The van der Waals surface area contributed by atoms with Crippen LogP contribution in [0.25, 0.3) is 0 Å². The molecule has 1 saturated heterocycles. The number of nitrogens with zero attached hydrogens (tertiary/aromatic N) is 2. The second-order valence-corrected chi connectivity index (χ2v) is 6.10. The molecule has 0 spiro atoms. The third-order valence-electron chi connectivity index (χ3n) is 3.58. The molecule has 3 rings (SSSR count). The summed E-state index contributed by atoms with van der Waals surface area (Å²) in [5.74, 6) is 1.45. The highest BCUT2D eigenvalue weighted by Crippen LogP contribution is 2.29. The summed E-state index contributed by atoms with van der Waals surface area (Å²) >= 11 is 3.43. The van der Waals surface area contributed by atoms with E-state index in [0.29, 0.717) is 12.3 Å². The molecule has 0 aliphatic carbocycles. The fourth-order valence-electron chi connectivity index (χ4n) is 2.41. The quantitative estimate of drug-likeness (QED) is 0.944. The summed E-state index contributed by atoms with van der Waals surface area (Å²) in [5.41, 5.74) is 1.03. The number of nitrogens with one attached hydrogen (secondary N) is 1. The van der Waals surface area contributed by atoms with E-state index in [1.807, 2.05) is 12.1 Å². The van der Waals surface area contributed by atoms with Crippen molar-refractivity contribution in [3.8, 4) is 0 Å². The Hall–Kier alpha value is -1.20. The van der Waals surface area contributed by atoms with Crippen LogP contribution in [0.4, 0.5) is 0 Å². The van der Waals surface area contributed by atoms with Crippen LogP contribution in [-0.4, -0.2) is 16.7 Å². The maximum atomic E-state index is 5.41. The van der Waals surface area contributed by atoms with Gasteiger partial charge in [-0.1, -0.05) is 33.2 Å². The molecule has 1 aliphatic rings. The van der Waals surface area contributed by atoms with Gasteiger partial charge in [-0.25, -0.2) is 0 Å². The first-order chi connectivity index (χ1) is 9.16. The topological polar surface area (TPSA) is 51.0 Å². The van der Waals surface area contributed by atoms with Gasteiger partial charge in [0.05, 0.1) is 5.54 Å². The molecule has 1 N–H and O–H groups in total. The minimum atomic E-state index is -0.148. The van der Waals surface area contributed by atoms with E-state index in [9.17, 15) is 0 Å². The van der Waals surface area contributed by atoms with E-state index in [0.717, 1.165) is 29.7 Å². The molecule has 1 aromatic carbocycles. The molecule has 1 aliphatic heterocycles. The Morgan fingerprint density at radius 3 is 2.84 bits per heavy atom. The van der Waals surface area contributed by atoms with Crippen LogP contribution in [0.3, 0.4) is 0 Å². The first-order valence-corrected chi connectivity index (χ1v) is 7.28. The fraction of sp³-hybridized carbons (Fsp3) is 0.429. The van der Waals surface area contributed by atoms with Crippen molar-refractivity contribution in [1.29, 1.82) is 0 Å². The monoisotopic (exact) mass is 321 g/mol. The predicted molar refractivity (Wildman–Crippen MR) is 75.8 cm³/mol. The van der Waals surface area contributed by atoms with E-state index >= 15 is 0 Å². The van der Waals surface area contributed by atoms with Crippen molar-refractivity contribution in [3.05, 3.63) is 46.0 Å². The Morgan fingerprint density at radius 2 is 2.16 bits per heavy atom. The molecule has 1 fully saturated rings. The fourth-order valence-corrected chi connectivity index (χ4v) is 2.68.